The van der Waals surface area contributed by atoms with Crippen molar-refractivity contribution in [3.05, 3.63) is 0 Å². The highest BCUT2D eigenvalue weighted by molar-refractivity contribution is 5.83. The molecule has 1 atom stereocenters. The number of carboxylic acids is 1. The Morgan fingerprint density at radius 2 is 1.94 bits per heavy atom. The average molecular weight is 226 g/mol. The number of aliphatic carboxylic acids is 1. The molecule has 2 fully saturated rings. The van der Waals surface area contributed by atoms with Crippen molar-refractivity contribution in [2.24, 2.45) is 0 Å². The van der Waals surface area contributed by atoms with Crippen LogP contribution >= 0.6 is 0 Å². The molecule has 1 saturated carbocycles. The molecule has 0 aromatic heterocycles. The number of carbonyl (C=O) groups excluding carboxylic acids is 1. The predicted octanol–water partition coefficient (Wildman–Crippen LogP) is 1.14. The van der Waals surface area contributed by atoms with Gasteiger partial charge in [0.05, 0.1) is 0 Å². The summed E-state index contributed by atoms with van der Waals surface area (Å²) in [5.74, 6) is -0.878. The summed E-state index contributed by atoms with van der Waals surface area (Å²) in [5, 5.41) is 9.08. The van der Waals surface area contributed by atoms with Gasteiger partial charge < -0.3 is 14.9 Å². The van der Waals surface area contributed by atoms with E-state index < -0.39 is 12.0 Å². The lowest BCUT2D eigenvalue weighted by atomic mass is 10.0. The van der Waals surface area contributed by atoms with Crippen molar-refractivity contribution in [1.29, 1.82) is 0 Å². The fourth-order valence-corrected chi connectivity index (χ4v) is 2.24. The third kappa shape index (κ3) is 2.13. The van der Waals surface area contributed by atoms with Crippen molar-refractivity contribution >= 4 is 12.0 Å². The number of amides is 2. The second-order valence-corrected chi connectivity index (χ2v) is 4.67. The molecule has 1 aliphatic heterocycles. The number of piperidine rings is 1. The van der Waals surface area contributed by atoms with Gasteiger partial charge in [0.25, 0.3) is 0 Å². The molecule has 1 N–H and O–H groups in total. The van der Waals surface area contributed by atoms with E-state index in [1.54, 1.807) is 11.9 Å². The molecule has 0 radical (unpaired) electrons. The van der Waals surface area contributed by atoms with Crippen LogP contribution in [-0.2, 0) is 4.79 Å². The Morgan fingerprint density at radius 3 is 2.50 bits per heavy atom. The van der Waals surface area contributed by atoms with E-state index in [-0.39, 0.29) is 6.03 Å². The molecule has 2 aliphatic rings. The van der Waals surface area contributed by atoms with E-state index in [4.69, 9.17) is 5.11 Å². The highest BCUT2D eigenvalue weighted by Gasteiger charge is 2.37. The zero-order chi connectivity index (χ0) is 11.7. The number of likely N-dealkylation sites (tertiary alicyclic amines) is 1. The summed E-state index contributed by atoms with van der Waals surface area (Å²) in [5.41, 5.74) is 0. The largest absolute Gasteiger partial charge is 0.480 e. The summed E-state index contributed by atoms with van der Waals surface area (Å²) in [4.78, 5) is 26.4. The highest BCUT2D eigenvalue weighted by atomic mass is 16.4. The summed E-state index contributed by atoms with van der Waals surface area (Å²) < 4.78 is 0. The summed E-state index contributed by atoms with van der Waals surface area (Å²) in [6.07, 6.45) is 4.49. The van der Waals surface area contributed by atoms with Crippen molar-refractivity contribution in [3.8, 4) is 0 Å². The smallest absolute Gasteiger partial charge is 0.326 e. The van der Waals surface area contributed by atoms with Gasteiger partial charge in [-0.1, -0.05) is 0 Å². The van der Waals surface area contributed by atoms with E-state index in [1.807, 2.05) is 0 Å². The van der Waals surface area contributed by atoms with Crippen molar-refractivity contribution in [1.82, 2.24) is 9.80 Å². The molecule has 0 spiro atoms. The minimum atomic E-state index is -0.878. The van der Waals surface area contributed by atoms with Crippen molar-refractivity contribution < 1.29 is 14.7 Å². The van der Waals surface area contributed by atoms with Gasteiger partial charge in [-0.25, -0.2) is 9.59 Å². The fraction of sp³-hybridized carbons (Fsp3) is 0.818. The molecular formula is C11H18N2O3. The predicted molar refractivity (Wildman–Crippen MR) is 58.2 cm³/mol. The zero-order valence-electron chi connectivity index (χ0n) is 9.56. The topological polar surface area (TPSA) is 60.9 Å². The van der Waals surface area contributed by atoms with Crippen LogP contribution in [0.5, 0.6) is 0 Å². The van der Waals surface area contributed by atoms with Crippen LogP contribution in [0.4, 0.5) is 4.79 Å². The molecule has 90 valence electrons. The molecular weight excluding hydrogens is 208 g/mol. The molecule has 16 heavy (non-hydrogen) atoms. The van der Waals surface area contributed by atoms with Gasteiger partial charge in [0, 0.05) is 19.6 Å². The molecule has 2 rings (SSSR count). The number of nitrogens with zero attached hydrogens (tertiary/aromatic N) is 2. The van der Waals surface area contributed by atoms with Crippen molar-refractivity contribution in [2.45, 2.75) is 44.2 Å². The van der Waals surface area contributed by atoms with Gasteiger partial charge in [0.2, 0.25) is 0 Å². The Kier molecular flexibility index (Phi) is 3.03. The number of carbonyl (C=O) groups is 2. The molecule has 1 unspecified atom stereocenters. The molecule has 1 aliphatic carbocycles. The number of carboxylic acid groups (broad SMARTS) is 1. The van der Waals surface area contributed by atoms with E-state index in [1.165, 1.54) is 4.90 Å². The van der Waals surface area contributed by atoms with Crippen LogP contribution in [0.2, 0.25) is 0 Å². The van der Waals surface area contributed by atoms with Gasteiger partial charge in [-0.05, 0) is 32.1 Å². The fourth-order valence-electron chi connectivity index (χ4n) is 2.24. The standard InChI is InChI=1S/C11H18N2O3/c1-12(8-5-6-8)11(16)13-7-3-2-4-9(13)10(14)15/h8-9H,2-7H2,1H3,(H,14,15). The number of urea groups is 1. The second kappa shape index (κ2) is 4.31. The molecule has 5 nitrogen and oxygen atoms in total. The van der Waals surface area contributed by atoms with Crippen LogP contribution in [-0.4, -0.2) is 52.6 Å². The van der Waals surface area contributed by atoms with E-state index in [0.717, 1.165) is 25.7 Å². The lowest BCUT2D eigenvalue weighted by Crippen LogP contribution is -2.52. The maximum atomic E-state index is 12.1. The third-order valence-corrected chi connectivity index (χ3v) is 3.43. The van der Waals surface area contributed by atoms with Gasteiger partial charge in [-0.2, -0.15) is 0 Å². The zero-order valence-corrected chi connectivity index (χ0v) is 9.56. The molecule has 0 aromatic carbocycles. The SMILES string of the molecule is CN(C(=O)N1CCCCC1C(=O)O)C1CC1. The molecule has 1 saturated heterocycles. The molecule has 0 aromatic rings. The lowest BCUT2D eigenvalue weighted by molar-refractivity contribution is -0.143. The molecule has 1 heterocycles. The normalized spacial score (nSPS) is 25.3. The average Bonchev–Trinajstić information content (AvgIpc) is 3.11. The van der Waals surface area contributed by atoms with Crippen molar-refractivity contribution in [3.63, 3.8) is 0 Å². The van der Waals surface area contributed by atoms with Crippen molar-refractivity contribution in [2.75, 3.05) is 13.6 Å². The highest BCUT2D eigenvalue weighted by Crippen LogP contribution is 2.28. The van der Waals surface area contributed by atoms with Gasteiger partial charge in [0.1, 0.15) is 6.04 Å². The monoisotopic (exact) mass is 226 g/mol. The maximum absolute atomic E-state index is 12.1. The first-order chi connectivity index (χ1) is 7.61. The Morgan fingerprint density at radius 1 is 1.25 bits per heavy atom. The first-order valence-corrected chi connectivity index (χ1v) is 5.87. The molecule has 0 bridgehead atoms. The number of hydrogen-bond donors (Lipinski definition) is 1. The Hall–Kier alpha value is -1.26. The minimum Gasteiger partial charge on any atom is -0.480 e. The lowest BCUT2D eigenvalue weighted by Gasteiger charge is -2.35. The number of rotatable bonds is 2. The third-order valence-electron chi connectivity index (χ3n) is 3.43. The van der Waals surface area contributed by atoms with Crippen LogP contribution < -0.4 is 0 Å². The summed E-state index contributed by atoms with van der Waals surface area (Å²) >= 11 is 0. The maximum Gasteiger partial charge on any atom is 0.326 e. The first kappa shape index (κ1) is 11.2. The number of hydrogen-bond acceptors (Lipinski definition) is 2. The van der Waals surface area contributed by atoms with Crippen LogP contribution in [0.1, 0.15) is 32.1 Å². The quantitative estimate of drug-likeness (QED) is 0.768. The Labute approximate surface area is 95.0 Å². The summed E-state index contributed by atoms with van der Waals surface area (Å²) in [6.45, 7) is 0.576. The molecule has 5 heteroatoms. The van der Waals surface area contributed by atoms with Gasteiger partial charge >= 0.3 is 12.0 Å². The minimum absolute atomic E-state index is 0.116. The molecule has 2 amide bonds. The van der Waals surface area contributed by atoms with E-state index in [2.05, 4.69) is 0 Å². The Bertz CT molecular complexity index is 302. The van der Waals surface area contributed by atoms with Gasteiger partial charge in [-0.3, -0.25) is 0 Å². The Balaban J connectivity index is 2.03. The summed E-state index contributed by atoms with van der Waals surface area (Å²) in [6, 6.07) is -0.402. The van der Waals surface area contributed by atoms with E-state index >= 15 is 0 Å². The summed E-state index contributed by atoms with van der Waals surface area (Å²) in [7, 11) is 1.77. The van der Waals surface area contributed by atoms with Crippen LogP contribution in [0, 0.1) is 0 Å². The second-order valence-electron chi connectivity index (χ2n) is 4.67. The van der Waals surface area contributed by atoms with Crippen LogP contribution in [0.25, 0.3) is 0 Å². The van der Waals surface area contributed by atoms with Gasteiger partial charge in [-0.15, -0.1) is 0 Å². The van der Waals surface area contributed by atoms with Gasteiger partial charge in [0.15, 0.2) is 0 Å². The first-order valence-electron chi connectivity index (χ1n) is 5.87. The van der Waals surface area contributed by atoms with E-state index in [0.29, 0.717) is 19.0 Å². The van der Waals surface area contributed by atoms with E-state index in [9.17, 15) is 9.59 Å². The van der Waals surface area contributed by atoms with Crippen LogP contribution in [0.15, 0.2) is 0 Å². The van der Waals surface area contributed by atoms with Crippen LogP contribution in [0.3, 0.4) is 0 Å².